The van der Waals surface area contributed by atoms with E-state index in [4.69, 9.17) is 0 Å². The molecule has 0 saturated carbocycles. The van der Waals surface area contributed by atoms with E-state index in [1.165, 1.54) is 26.4 Å². The first-order valence-corrected chi connectivity index (χ1v) is 7.28. The summed E-state index contributed by atoms with van der Waals surface area (Å²) in [4.78, 5) is 36.0. The van der Waals surface area contributed by atoms with Crippen molar-refractivity contribution in [2.45, 2.75) is 19.3 Å². The van der Waals surface area contributed by atoms with Crippen molar-refractivity contribution in [2.24, 2.45) is 5.41 Å². The molecule has 0 spiro atoms. The molecular formula is C15H14BrFO5. The van der Waals surface area contributed by atoms with Gasteiger partial charge in [-0.2, -0.15) is 0 Å². The number of ether oxygens (including phenoxy) is 2. The average molecular weight is 373 g/mol. The Bertz CT molecular complexity index is 638. The fourth-order valence-electron chi connectivity index (χ4n) is 2.74. The van der Waals surface area contributed by atoms with Crippen LogP contribution in [0.15, 0.2) is 16.6 Å². The maximum absolute atomic E-state index is 14.1. The predicted molar refractivity (Wildman–Crippen MR) is 77.8 cm³/mol. The van der Waals surface area contributed by atoms with E-state index in [9.17, 15) is 18.8 Å². The Morgan fingerprint density at radius 2 is 1.77 bits per heavy atom. The molecule has 118 valence electrons. The first-order valence-electron chi connectivity index (χ1n) is 6.49. The Balaban J connectivity index is 2.48. The van der Waals surface area contributed by atoms with Crippen LogP contribution in [-0.2, 0) is 25.5 Å². The van der Waals surface area contributed by atoms with Gasteiger partial charge in [-0.05, 0) is 24.1 Å². The van der Waals surface area contributed by atoms with Gasteiger partial charge < -0.3 is 9.47 Å². The van der Waals surface area contributed by atoms with E-state index >= 15 is 0 Å². The molecule has 7 heteroatoms. The molecule has 2 rings (SSSR count). The number of carbonyl (C=O) groups is 3. The van der Waals surface area contributed by atoms with Crippen LogP contribution in [0.2, 0.25) is 0 Å². The number of methoxy groups -OCH3 is 2. The molecule has 0 radical (unpaired) electrons. The number of halogens is 2. The van der Waals surface area contributed by atoms with Gasteiger partial charge in [-0.3, -0.25) is 14.4 Å². The summed E-state index contributed by atoms with van der Waals surface area (Å²) in [5.74, 6) is -2.26. The zero-order valence-corrected chi connectivity index (χ0v) is 13.7. The summed E-state index contributed by atoms with van der Waals surface area (Å²) in [6, 6.07) is 2.75. The second-order valence-electron chi connectivity index (χ2n) is 5.21. The lowest BCUT2D eigenvalue weighted by Crippen LogP contribution is -2.34. The Hall–Kier alpha value is -1.76. The topological polar surface area (TPSA) is 69.7 Å². The highest BCUT2D eigenvalue weighted by atomic mass is 79.9. The van der Waals surface area contributed by atoms with Crippen LogP contribution in [0.5, 0.6) is 0 Å². The first-order chi connectivity index (χ1) is 10.3. The standard InChI is InChI=1S/C15H14BrFO5/c1-21-12(18)6-15(7-13(19)22-2)5-10-9(14(15)20)3-8(16)4-11(10)17/h3-4H,5-7H2,1-2H3. The van der Waals surface area contributed by atoms with Crippen molar-refractivity contribution in [1.29, 1.82) is 0 Å². The van der Waals surface area contributed by atoms with Crippen molar-refractivity contribution < 1.29 is 28.2 Å². The van der Waals surface area contributed by atoms with Gasteiger partial charge in [0.05, 0.1) is 32.5 Å². The molecule has 0 atom stereocenters. The van der Waals surface area contributed by atoms with Crippen LogP contribution in [0.25, 0.3) is 0 Å². The highest BCUT2D eigenvalue weighted by Gasteiger charge is 2.50. The third-order valence-corrected chi connectivity index (χ3v) is 4.28. The first kappa shape index (κ1) is 16.6. The number of fused-ring (bicyclic) bond motifs is 1. The SMILES string of the molecule is COC(=O)CC1(CC(=O)OC)Cc2c(F)cc(Br)cc2C1=O. The van der Waals surface area contributed by atoms with Gasteiger partial charge in [-0.1, -0.05) is 15.9 Å². The fraction of sp³-hybridized carbons (Fsp3) is 0.400. The largest absolute Gasteiger partial charge is 0.469 e. The molecule has 0 aromatic heterocycles. The van der Waals surface area contributed by atoms with Crippen molar-refractivity contribution in [3.05, 3.63) is 33.5 Å². The number of esters is 2. The molecule has 5 nitrogen and oxygen atoms in total. The van der Waals surface area contributed by atoms with Gasteiger partial charge in [0.1, 0.15) is 5.82 Å². The van der Waals surface area contributed by atoms with Crippen molar-refractivity contribution >= 4 is 33.7 Å². The monoisotopic (exact) mass is 372 g/mol. The second kappa shape index (κ2) is 6.16. The molecule has 0 fully saturated rings. The fourth-order valence-corrected chi connectivity index (χ4v) is 3.16. The molecule has 0 heterocycles. The molecule has 0 amide bonds. The van der Waals surface area contributed by atoms with Crippen LogP contribution in [0.1, 0.15) is 28.8 Å². The lowest BCUT2D eigenvalue weighted by Gasteiger charge is -2.24. The van der Waals surface area contributed by atoms with Crippen LogP contribution >= 0.6 is 15.9 Å². The Morgan fingerprint density at radius 3 is 2.27 bits per heavy atom. The van der Waals surface area contributed by atoms with Crippen LogP contribution in [-0.4, -0.2) is 31.9 Å². The van der Waals surface area contributed by atoms with Crippen molar-refractivity contribution in [1.82, 2.24) is 0 Å². The van der Waals surface area contributed by atoms with Gasteiger partial charge in [0.2, 0.25) is 0 Å². The number of hydrogen-bond acceptors (Lipinski definition) is 5. The zero-order valence-electron chi connectivity index (χ0n) is 12.1. The minimum Gasteiger partial charge on any atom is -0.469 e. The maximum atomic E-state index is 14.1. The highest BCUT2D eigenvalue weighted by molar-refractivity contribution is 9.10. The minimum absolute atomic E-state index is 0.0372. The van der Waals surface area contributed by atoms with Crippen molar-refractivity contribution in [3.8, 4) is 0 Å². The van der Waals surface area contributed by atoms with Crippen LogP contribution in [0.4, 0.5) is 4.39 Å². The molecule has 0 aliphatic heterocycles. The van der Waals surface area contributed by atoms with E-state index < -0.39 is 29.0 Å². The van der Waals surface area contributed by atoms with Gasteiger partial charge in [0.15, 0.2) is 5.78 Å². The molecule has 1 aromatic rings. The summed E-state index contributed by atoms with van der Waals surface area (Å²) in [5.41, 5.74) is -0.967. The number of Topliss-reactive ketones (excluding diaryl/α,β-unsaturated/α-hetero) is 1. The predicted octanol–water partition coefficient (Wildman–Crippen LogP) is 2.44. The molecule has 0 saturated heterocycles. The Morgan fingerprint density at radius 1 is 1.23 bits per heavy atom. The van der Waals surface area contributed by atoms with Crippen molar-refractivity contribution in [2.75, 3.05) is 14.2 Å². The number of ketones is 1. The molecule has 0 unspecified atom stereocenters. The smallest absolute Gasteiger partial charge is 0.306 e. The van der Waals surface area contributed by atoms with E-state index in [-0.39, 0.29) is 30.4 Å². The molecular weight excluding hydrogens is 359 g/mol. The quantitative estimate of drug-likeness (QED) is 0.759. The van der Waals surface area contributed by atoms with E-state index in [0.717, 1.165) is 0 Å². The summed E-state index contributed by atoms with van der Waals surface area (Å²) in [6.07, 6.45) is -0.642. The summed E-state index contributed by atoms with van der Waals surface area (Å²) < 4.78 is 23.7. The number of rotatable bonds is 4. The van der Waals surface area contributed by atoms with Gasteiger partial charge in [0.25, 0.3) is 0 Å². The third kappa shape index (κ3) is 2.90. The van der Waals surface area contributed by atoms with E-state index in [0.29, 0.717) is 4.47 Å². The van der Waals surface area contributed by atoms with Gasteiger partial charge >= 0.3 is 11.9 Å². The van der Waals surface area contributed by atoms with Crippen LogP contribution in [0, 0.1) is 11.2 Å². The molecule has 22 heavy (non-hydrogen) atoms. The summed E-state index contributed by atoms with van der Waals surface area (Å²) in [7, 11) is 2.38. The van der Waals surface area contributed by atoms with Crippen molar-refractivity contribution in [3.63, 3.8) is 0 Å². The van der Waals surface area contributed by atoms with Crippen LogP contribution in [0.3, 0.4) is 0 Å². The summed E-state index contributed by atoms with van der Waals surface area (Å²) in [6.45, 7) is 0. The van der Waals surface area contributed by atoms with E-state index in [1.54, 1.807) is 0 Å². The number of benzene rings is 1. The molecule has 1 aliphatic carbocycles. The lowest BCUT2D eigenvalue weighted by molar-refractivity contribution is -0.146. The number of hydrogen-bond donors (Lipinski definition) is 0. The summed E-state index contributed by atoms with van der Waals surface area (Å²) in [5, 5.41) is 0. The average Bonchev–Trinajstić information content (AvgIpc) is 2.73. The minimum atomic E-state index is -1.36. The van der Waals surface area contributed by atoms with Crippen LogP contribution < -0.4 is 0 Å². The zero-order chi connectivity index (χ0) is 16.5. The summed E-state index contributed by atoms with van der Waals surface area (Å²) >= 11 is 3.13. The van der Waals surface area contributed by atoms with Gasteiger partial charge in [-0.15, -0.1) is 0 Å². The second-order valence-corrected chi connectivity index (χ2v) is 6.12. The van der Waals surface area contributed by atoms with Gasteiger partial charge in [-0.25, -0.2) is 4.39 Å². The van der Waals surface area contributed by atoms with Gasteiger partial charge in [0, 0.05) is 10.0 Å². The normalized spacial score (nSPS) is 15.4. The molecule has 0 N–H and O–H groups in total. The van der Waals surface area contributed by atoms with E-state index in [2.05, 4.69) is 25.4 Å². The highest BCUT2D eigenvalue weighted by Crippen LogP contribution is 2.44. The maximum Gasteiger partial charge on any atom is 0.306 e. The molecule has 1 aromatic carbocycles. The lowest BCUT2D eigenvalue weighted by atomic mass is 9.77. The van der Waals surface area contributed by atoms with E-state index in [1.807, 2.05) is 0 Å². The number of carbonyl (C=O) groups excluding carboxylic acids is 3. The molecule has 0 bridgehead atoms. The Labute approximate surface area is 134 Å². The molecule has 1 aliphatic rings. The third-order valence-electron chi connectivity index (χ3n) is 3.82. The Kier molecular flexibility index (Phi) is 4.65.